The number of hydrogen-bond donors (Lipinski definition) is 1. The van der Waals surface area contributed by atoms with E-state index in [1.165, 1.54) is 25.8 Å². The first-order chi connectivity index (χ1) is 8.29. The topological polar surface area (TPSA) is 54.2 Å². The lowest BCUT2D eigenvalue weighted by Crippen LogP contribution is -2.37. The largest absolute Gasteiger partial charge is 0.339 e. The zero-order valence-corrected chi connectivity index (χ0v) is 10.8. The second kappa shape index (κ2) is 6.12. The molecule has 0 spiro atoms. The highest BCUT2D eigenvalue weighted by atomic mass is 16.5. The first kappa shape index (κ1) is 12.5. The SMILES string of the molecule is CNCCc1nc(CC2CCCCN2C)no1. The minimum absolute atomic E-state index is 0.582. The lowest BCUT2D eigenvalue weighted by atomic mass is 10.00. The molecule has 5 heteroatoms. The van der Waals surface area contributed by atoms with Crippen LogP contribution in [-0.4, -0.2) is 48.3 Å². The number of hydrogen-bond acceptors (Lipinski definition) is 5. The first-order valence-corrected chi connectivity index (χ1v) is 6.46. The summed E-state index contributed by atoms with van der Waals surface area (Å²) in [6.45, 7) is 2.07. The summed E-state index contributed by atoms with van der Waals surface area (Å²) in [6.07, 6.45) is 5.60. The van der Waals surface area contributed by atoms with Crippen molar-refractivity contribution in [2.75, 3.05) is 27.2 Å². The van der Waals surface area contributed by atoms with Crippen molar-refractivity contribution in [3.63, 3.8) is 0 Å². The molecule has 17 heavy (non-hydrogen) atoms. The predicted molar refractivity (Wildman–Crippen MR) is 65.9 cm³/mol. The fraction of sp³-hybridized carbons (Fsp3) is 0.833. The number of aromatic nitrogens is 2. The number of rotatable bonds is 5. The molecular formula is C12H22N4O. The molecular weight excluding hydrogens is 216 g/mol. The predicted octanol–water partition coefficient (Wildman–Crippen LogP) is 0.858. The Morgan fingerprint density at radius 2 is 2.35 bits per heavy atom. The molecule has 0 aliphatic carbocycles. The number of piperidine rings is 1. The van der Waals surface area contributed by atoms with Crippen LogP contribution in [-0.2, 0) is 12.8 Å². The van der Waals surface area contributed by atoms with Crippen molar-refractivity contribution in [2.45, 2.75) is 38.1 Å². The van der Waals surface area contributed by atoms with Gasteiger partial charge >= 0.3 is 0 Å². The molecule has 1 fully saturated rings. The van der Waals surface area contributed by atoms with Crippen LogP contribution in [0.1, 0.15) is 31.0 Å². The van der Waals surface area contributed by atoms with Crippen molar-refractivity contribution in [1.29, 1.82) is 0 Å². The summed E-state index contributed by atoms with van der Waals surface area (Å²) < 4.78 is 5.22. The van der Waals surface area contributed by atoms with Gasteiger partial charge in [0.15, 0.2) is 5.82 Å². The third kappa shape index (κ3) is 3.51. The van der Waals surface area contributed by atoms with Gasteiger partial charge in [-0.25, -0.2) is 0 Å². The molecule has 2 rings (SSSR count). The van der Waals surface area contributed by atoms with Gasteiger partial charge in [-0.05, 0) is 33.5 Å². The Labute approximate surface area is 103 Å². The standard InChI is InChI=1S/C12H22N4O/c1-13-7-6-12-14-11(15-17-12)9-10-5-3-4-8-16(10)2/h10,13H,3-9H2,1-2H3. The minimum atomic E-state index is 0.582. The van der Waals surface area contributed by atoms with Crippen LogP contribution in [0.25, 0.3) is 0 Å². The Balaban J connectivity index is 1.87. The monoisotopic (exact) mass is 238 g/mol. The highest BCUT2D eigenvalue weighted by Crippen LogP contribution is 2.17. The van der Waals surface area contributed by atoms with E-state index in [2.05, 4.69) is 27.4 Å². The van der Waals surface area contributed by atoms with Crippen LogP contribution in [0.2, 0.25) is 0 Å². The Hall–Kier alpha value is -0.940. The maximum absolute atomic E-state index is 5.22. The zero-order valence-electron chi connectivity index (χ0n) is 10.8. The molecule has 0 saturated carbocycles. The molecule has 0 radical (unpaired) electrons. The molecule has 1 aliphatic heterocycles. The second-order valence-electron chi connectivity index (χ2n) is 4.79. The van der Waals surface area contributed by atoms with Crippen LogP contribution in [0.5, 0.6) is 0 Å². The van der Waals surface area contributed by atoms with Crippen LogP contribution >= 0.6 is 0 Å². The molecule has 1 aromatic rings. The molecule has 2 heterocycles. The number of likely N-dealkylation sites (N-methyl/N-ethyl adjacent to an activating group) is 2. The fourth-order valence-corrected chi connectivity index (χ4v) is 2.32. The molecule has 1 aromatic heterocycles. The highest BCUT2D eigenvalue weighted by Gasteiger charge is 2.21. The van der Waals surface area contributed by atoms with E-state index in [9.17, 15) is 0 Å². The summed E-state index contributed by atoms with van der Waals surface area (Å²) in [5, 5.41) is 7.13. The van der Waals surface area contributed by atoms with Crippen molar-refractivity contribution < 1.29 is 4.52 Å². The fourth-order valence-electron chi connectivity index (χ4n) is 2.32. The van der Waals surface area contributed by atoms with Gasteiger partial charge in [0.1, 0.15) is 0 Å². The number of likely N-dealkylation sites (tertiary alicyclic amines) is 1. The van der Waals surface area contributed by atoms with Gasteiger partial charge in [-0.3, -0.25) is 0 Å². The Morgan fingerprint density at radius 1 is 1.47 bits per heavy atom. The lowest BCUT2D eigenvalue weighted by Gasteiger charge is -2.31. The molecule has 1 unspecified atom stereocenters. The average molecular weight is 238 g/mol. The van der Waals surface area contributed by atoms with E-state index in [1.807, 2.05) is 7.05 Å². The molecule has 0 aromatic carbocycles. The van der Waals surface area contributed by atoms with Crippen LogP contribution < -0.4 is 5.32 Å². The van der Waals surface area contributed by atoms with Crippen LogP contribution in [0.15, 0.2) is 4.52 Å². The maximum atomic E-state index is 5.22. The Kier molecular flexibility index (Phi) is 4.50. The molecule has 96 valence electrons. The maximum Gasteiger partial charge on any atom is 0.227 e. The molecule has 5 nitrogen and oxygen atoms in total. The molecule has 0 amide bonds. The molecule has 1 saturated heterocycles. The van der Waals surface area contributed by atoms with E-state index < -0.39 is 0 Å². The quantitative estimate of drug-likeness (QED) is 0.824. The van der Waals surface area contributed by atoms with E-state index in [1.54, 1.807) is 0 Å². The summed E-state index contributed by atoms with van der Waals surface area (Å²) in [5.41, 5.74) is 0. The summed E-state index contributed by atoms with van der Waals surface area (Å²) in [6, 6.07) is 0.582. The van der Waals surface area contributed by atoms with Gasteiger partial charge in [0.05, 0.1) is 0 Å². The summed E-state index contributed by atoms with van der Waals surface area (Å²) >= 11 is 0. The molecule has 1 N–H and O–H groups in total. The van der Waals surface area contributed by atoms with E-state index in [0.29, 0.717) is 6.04 Å². The van der Waals surface area contributed by atoms with Gasteiger partial charge in [-0.2, -0.15) is 4.98 Å². The van der Waals surface area contributed by atoms with Crippen LogP contribution in [0.3, 0.4) is 0 Å². The van der Waals surface area contributed by atoms with E-state index in [0.717, 1.165) is 31.1 Å². The Bertz CT molecular complexity index is 339. The van der Waals surface area contributed by atoms with Gasteiger partial charge in [-0.1, -0.05) is 11.6 Å². The zero-order chi connectivity index (χ0) is 12.1. The smallest absolute Gasteiger partial charge is 0.227 e. The second-order valence-corrected chi connectivity index (χ2v) is 4.79. The Morgan fingerprint density at radius 3 is 3.12 bits per heavy atom. The summed E-state index contributed by atoms with van der Waals surface area (Å²) in [4.78, 5) is 6.84. The summed E-state index contributed by atoms with van der Waals surface area (Å²) in [5.74, 6) is 1.60. The van der Waals surface area contributed by atoms with Gasteiger partial charge < -0.3 is 14.7 Å². The van der Waals surface area contributed by atoms with E-state index in [4.69, 9.17) is 4.52 Å². The normalized spacial score (nSPS) is 21.9. The van der Waals surface area contributed by atoms with Crippen molar-refractivity contribution in [1.82, 2.24) is 20.4 Å². The number of nitrogens with zero attached hydrogens (tertiary/aromatic N) is 3. The van der Waals surface area contributed by atoms with Crippen molar-refractivity contribution in [3.8, 4) is 0 Å². The van der Waals surface area contributed by atoms with Gasteiger partial charge in [0, 0.05) is 25.4 Å². The van der Waals surface area contributed by atoms with Crippen molar-refractivity contribution >= 4 is 0 Å². The average Bonchev–Trinajstić information content (AvgIpc) is 2.77. The van der Waals surface area contributed by atoms with Gasteiger partial charge in [0.25, 0.3) is 0 Å². The molecule has 0 bridgehead atoms. The molecule has 1 aliphatic rings. The number of nitrogens with one attached hydrogen (secondary N) is 1. The summed E-state index contributed by atoms with van der Waals surface area (Å²) in [7, 11) is 4.11. The third-order valence-electron chi connectivity index (χ3n) is 3.44. The van der Waals surface area contributed by atoms with E-state index in [-0.39, 0.29) is 0 Å². The van der Waals surface area contributed by atoms with Crippen LogP contribution in [0, 0.1) is 0 Å². The third-order valence-corrected chi connectivity index (χ3v) is 3.44. The highest BCUT2D eigenvalue weighted by molar-refractivity contribution is 4.92. The first-order valence-electron chi connectivity index (χ1n) is 6.46. The lowest BCUT2D eigenvalue weighted by molar-refractivity contribution is 0.181. The van der Waals surface area contributed by atoms with Gasteiger partial charge in [0.2, 0.25) is 5.89 Å². The minimum Gasteiger partial charge on any atom is -0.339 e. The van der Waals surface area contributed by atoms with E-state index >= 15 is 0 Å². The van der Waals surface area contributed by atoms with Crippen molar-refractivity contribution in [2.24, 2.45) is 0 Å². The van der Waals surface area contributed by atoms with Crippen molar-refractivity contribution in [3.05, 3.63) is 11.7 Å². The van der Waals surface area contributed by atoms with Gasteiger partial charge in [-0.15, -0.1) is 0 Å². The molecule has 1 atom stereocenters. The van der Waals surface area contributed by atoms with Crippen LogP contribution in [0.4, 0.5) is 0 Å².